The van der Waals surface area contributed by atoms with Crippen LogP contribution in [0.1, 0.15) is 37.6 Å². The van der Waals surface area contributed by atoms with Crippen molar-refractivity contribution in [3.8, 4) is 0 Å². The third-order valence-corrected chi connectivity index (χ3v) is 3.74. The number of aryl methyl sites for hydroxylation is 1. The molecular formula is C16H21ClFN3. The maximum absolute atomic E-state index is 14.1. The Morgan fingerprint density at radius 3 is 2.86 bits per heavy atom. The van der Waals surface area contributed by atoms with Gasteiger partial charge in [0.1, 0.15) is 5.82 Å². The number of benzene rings is 1. The smallest absolute Gasteiger partial charge is 0.145 e. The first-order valence-electron chi connectivity index (χ1n) is 7.35. The van der Waals surface area contributed by atoms with Crippen molar-refractivity contribution in [3.05, 3.63) is 52.6 Å². The fraction of sp³-hybridized carbons (Fsp3) is 0.438. The maximum atomic E-state index is 14.1. The topological polar surface area (TPSA) is 29.9 Å². The van der Waals surface area contributed by atoms with E-state index in [4.69, 9.17) is 11.6 Å². The van der Waals surface area contributed by atoms with Crippen LogP contribution >= 0.6 is 11.6 Å². The molecule has 0 aliphatic carbocycles. The Hall–Kier alpha value is -1.39. The van der Waals surface area contributed by atoms with Crippen LogP contribution in [0.15, 0.2) is 30.5 Å². The maximum Gasteiger partial charge on any atom is 0.145 e. The highest BCUT2D eigenvalue weighted by Gasteiger charge is 2.18. The molecule has 1 heterocycles. The Bertz CT molecular complexity index is 583. The summed E-state index contributed by atoms with van der Waals surface area (Å²) in [4.78, 5) is 0. The summed E-state index contributed by atoms with van der Waals surface area (Å²) in [5.41, 5.74) is 1.70. The first-order chi connectivity index (χ1) is 10.2. The molecular weight excluding hydrogens is 289 g/mol. The summed E-state index contributed by atoms with van der Waals surface area (Å²) in [6, 6.07) is 7.16. The minimum Gasteiger partial charge on any atom is -0.309 e. The van der Waals surface area contributed by atoms with Gasteiger partial charge < -0.3 is 5.32 Å². The molecule has 114 valence electrons. The van der Waals surface area contributed by atoms with E-state index in [-0.39, 0.29) is 16.9 Å². The van der Waals surface area contributed by atoms with Crippen molar-refractivity contribution in [3.63, 3.8) is 0 Å². The second kappa shape index (κ2) is 7.57. The lowest BCUT2D eigenvalue weighted by atomic mass is 10.0. The minimum atomic E-state index is -0.330. The van der Waals surface area contributed by atoms with Gasteiger partial charge in [0.2, 0.25) is 0 Å². The van der Waals surface area contributed by atoms with E-state index in [1.807, 2.05) is 17.7 Å². The highest BCUT2D eigenvalue weighted by Crippen LogP contribution is 2.24. The van der Waals surface area contributed by atoms with Crippen molar-refractivity contribution in [1.29, 1.82) is 0 Å². The number of hydrogen-bond donors (Lipinski definition) is 1. The number of nitrogens with zero attached hydrogens (tertiary/aromatic N) is 2. The van der Waals surface area contributed by atoms with E-state index in [0.717, 1.165) is 25.2 Å². The molecule has 1 aromatic carbocycles. The Balaban J connectivity index is 2.26. The SMILES string of the molecule is CCCn1nccc1C(Cc1cccc(Cl)c1F)NCC. The first-order valence-corrected chi connectivity index (χ1v) is 7.73. The normalized spacial score (nSPS) is 12.6. The molecule has 21 heavy (non-hydrogen) atoms. The van der Waals surface area contributed by atoms with Crippen molar-refractivity contribution in [2.45, 2.75) is 39.3 Å². The molecule has 3 nitrogen and oxygen atoms in total. The van der Waals surface area contributed by atoms with E-state index >= 15 is 0 Å². The standard InChI is InChI=1S/C16H21ClFN3/c1-3-10-21-15(8-9-20-21)14(19-4-2)11-12-6-5-7-13(17)16(12)18/h5-9,14,19H,3-4,10-11H2,1-2H3. The quantitative estimate of drug-likeness (QED) is 0.838. The molecule has 0 saturated heterocycles. The van der Waals surface area contributed by atoms with Gasteiger partial charge in [-0.15, -0.1) is 0 Å². The molecule has 5 heteroatoms. The fourth-order valence-corrected chi connectivity index (χ4v) is 2.69. The molecule has 0 aliphatic rings. The van der Waals surface area contributed by atoms with E-state index in [0.29, 0.717) is 12.0 Å². The summed E-state index contributed by atoms with van der Waals surface area (Å²) in [6.07, 6.45) is 3.36. The lowest BCUT2D eigenvalue weighted by Crippen LogP contribution is -2.26. The molecule has 0 radical (unpaired) electrons. The van der Waals surface area contributed by atoms with Gasteiger partial charge in [-0.3, -0.25) is 4.68 Å². The van der Waals surface area contributed by atoms with Crippen molar-refractivity contribution < 1.29 is 4.39 Å². The van der Waals surface area contributed by atoms with Crippen LogP contribution in [0.3, 0.4) is 0 Å². The fourth-order valence-electron chi connectivity index (χ4n) is 2.49. The number of hydrogen-bond acceptors (Lipinski definition) is 2. The molecule has 0 aliphatic heterocycles. The second-order valence-electron chi connectivity index (χ2n) is 5.01. The summed E-state index contributed by atoms with van der Waals surface area (Å²) in [7, 11) is 0. The first kappa shape index (κ1) is 16.0. The van der Waals surface area contributed by atoms with Gasteiger partial charge in [0.05, 0.1) is 16.8 Å². The molecule has 0 bridgehead atoms. The van der Waals surface area contributed by atoms with Crippen molar-refractivity contribution >= 4 is 11.6 Å². The van der Waals surface area contributed by atoms with Gasteiger partial charge in [0.15, 0.2) is 0 Å². The Kier molecular flexibility index (Phi) is 5.76. The number of likely N-dealkylation sites (N-methyl/N-ethyl adjacent to an activating group) is 1. The third kappa shape index (κ3) is 3.83. The molecule has 0 fully saturated rings. The molecule has 0 saturated carbocycles. The van der Waals surface area contributed by atoms with Crippen LogP contribution in [-0.4, -0.2) is 16.3 Å². The molecule has 1 atom stereocenters. The number of halogens is 2. The monoisotopic (exact) mass is 309 g/mol. The predicted octanol–water partition coefficient (Wildman–Crippen LogP) is 3.98. The van der Waals surface area contributed by atoms with Crippen molar-refractivity contribution in [1.82, 2.24) is 15.1 Å². The summed E-state index contributed by atoms with van der Waals surface area (Å²) >= 11 is 5.87. The predicted molar refractivity (Wildman–Crippen MR) is 84.0 cm³/mol. The molecule has 2 aromatic rings. The van der Waals surface area contributed by atoms with Crippen LogP contribution in [0.2, 0.25) is 5.02 Å². The zero-order valence-electron chi connectivity index (χ0n) is 12.4. The summed E-state index contributed by atoms with van der Waals surface area (Å²) < 4.78 is 16.1. The lowest BCUT2D eigenvalue weighted by molar-refractivity contribution is 0.470. The number of aromatic nitrogens is 2. The van der Waals surface area contributed by atoms with Crippen molar-refractivity contribution in [2.75, 3.05) is 6.54 Å². The zero-order valence-corrected chi connectivity index (χ0v) is 13.2. The van der Waals surface area contributed by atoms with Gasteiger partial charge in [0, 0.05) is 12.7 Å². The van der Waals surface area contributed by atoms with E-state index < -0.39 is 0 Å². The van der Waals surface area contributed by atoms with Crippen LogP contribution < -0.4 is 5.32 Å². The Morgan fingerprint density at radius 2 is 2.14 bits per heavy atom. The average Bonchev–Trinajstić information content (AvgIpc) is 2.92. The third-order valence-electron chi connectivity index (χ3n) is 3.45. The largest absolute Gasteiger partial charge is 0.309 e. The molecule has 0 spiro atoms. The number of nitrogens with one attached hydrogen (secondary N) is 1. The van der Waals surface area contributed by atoms with E-state index in [1.54, 1.807) is 24.4 Å². The summed E-state index contributed by atoms with van der Waals surface area (Å²) in [5.74, 6) is -0.330. The summed E-state index contributed by atoms with van der Waals surface area (Å²) in [5, 5.41) is 7.93. The van der Waals surface area contributed by atoms with E-state index in [2.05, 4.69) is 17.3 Å². The van der Waals surface area contributed by atoms with Crippen LogP contribution in [0.5, 0.6) is 0 Å². The number of rotatable bonds is 7. The lowest BCUT2D eigenvalue weighted by Gasteiger charge is -2.20. The van der Waals surface area contributed by atoms with Gasteiger partial charge in [-0.1, -0.05) is 37.6 Å². The Labute approximate surface area is 130 Å². The van der Waals surface area contributed by atoms with E-state index in [9.17, 15) is 4.39 Å². The van der Waals surface area contributed by atoms with Gasteiger partial charge >= 0.3 is 0 Å². The molecule has 1 N–H and O–H groups in total. The molecule has 1 aromatic heterocycles. The van der Waals surface area contributed by atoms with E-state index in [1.165, 1.54) is 0 Å². The van der Waals surface area contributed by atoms with Gasteiger partial charge in [-0.2, -0.15) is 5.10 Å². The molecule has 2 rings (SSSR count). The van der Waals surface area contributed by atoms with Gasteiger partial charge in [0.25, 0.3) is 0 Å². The Morgan fingerprint density at radius 1 is 1.33 bits per heavy atom. The summed E-state index contributed by atoms with van der Waals surface area (Å²) in [6.45, 7) is 5.83. The van der Waals surface area contributed by atoms with Crippen LogP contribution in [0.4, 0.5) is 4.39 Å². The zero-order chi connectivity index (χ0) is 15.2. The van der Waals surface area contributed by atoms with Gasteiger partial charge in [-0.25, -0.2) is 4.39 Å². The highest BCUT2D eigenvalue weighted by atomic mass is 35.5. The van der Waals surface area contributed by atoms with Gasteiger partial charge in [-0.05, 0) is 37.1 Å². The second-order valence-corrected chi connectivity index (χ2v) is 5.41. The molecule has 0 amide bonds. The molecule has 1 unspecified atom stereocenters. The minimum absolute atomic E-state index is 0.0250. The van der Waals surface area contributed by atoms with Crippen molar-refractivity contribution in [2.24, 2.45) is 0 Å². The van der Waals surface area contributed by atoms with Crippen LogP contribution in [0.25, 0.3) is 0 Å². The average molecular weight is 310 g/mol. The highest BCUT2D eigenvalue weighted by molar-refractivity contribution is 6.30. The van der Waals surface area contributed by atoms with Crippen LogP contribution in [-0.2, 0) is 13.0 Å². The van der Waals surface area contributed by atoms with Crippen LogP contribution in [0, 0.1) is 5.82 Å².